The summed E-state index contributed by atoms with van der Waals surface area (Å²) >= 11 is 0. The number of aliphatic carboxylic acids is 1. The molecule has 0 aromatic carbocycles. The number of rotatable bonds is 7. The van der Waals surface area contributed by atoms with Gasteiger partial charge in [0, 0.05) is 0 Å². The zero-order valence-electron chi connectivity index (χ0n) is 10.2. The molecule has 1 saturated carbocycles. The molecule has 1 aliphatic carbocycles. The molecule has 2 atom stereocenters. The number of nitrogens with one attached hydrogen (secondary N) is 1. The second kappa shape index (κ2) is 6.34. The van der Waals surface area contributed by atoms with Gasteiger partial charge in [0.15, 0.2) is 0 Å². The number of amides is 1. The number of carboxylic acid groups (broad SMARTS) is 1. The normalized spacial score (nSPS) is 17.7. The first-order chi connectivity index (χ1) is 8.40. The zero-order chi connectivity index (χ0) is 13.7. The van der Waals surface area contributed by atoms with Gasteiger partial charge in [-0.25, -0.2) is 0 Å². The molecular weight excluding hydrogens is 240 g/mol. The Morgan fingerprint density at radius 2 is 2.06 bits per heavy atom. The molecule has 18 heavy (non-hydrogen) atoms. The second-order valence-electron chi connectivity index (χ2n) is 4.52. The van der Waals surface area contributed by atoms with Crippen LogP contribution in [0.25, 0.3) is 0 Å². The van der Waals surface area contributed by atoms with Crippen molar-refractivity contribution in [1.82, 2.24) is 5.32 Å². The lowest BCUT2D eigenvalue weighted by atomic mass is 10.2. The van der Waals surface area contributed by atoms with Crippen molar-refractivity contribution >= 4 is 17.8 Å². The van der Waals surface area contributed by atoms with Crippen molar-refractivity contribution in [1.29, 1.82) is 0 Å². The highest BCUT2D eigenvalue weighted by molar-refractivity contribution is 5.86. The van der Waals surface area contributed by atoms with Gasteiger partial charge >= 0.3 is 11.9 Å². The van der Waals surface area contributed by atoms with Crippen molar-refractivity contribution in [3.8, 4) is 0 Å². The fourth-order valence-corrected chi connectivity index (χ4v) is 1.32. The van der Waals surface area contributed by atoms with E-state index in [1.54, 1.807) is 6.92 Å². The van der Waals surface area contributed by atoms with E-state index in [0.29, 0.717) is 0 Å². The van der Waals surface area contributed by atoms with Gasteiger partial charge in [0.05, 0.1) is 24.4 Å². The summed E-state index contributed by atoms with van der Waals surface area (Å²) in [6.45, 7) is 1.73. The first-order valence-corrected chi connectivity index (χ1v) is 5.84. The predicted molar refractivity (Wildman–Crippen MR) is 61.5 cm³/mol. The molecule has 1 amide bonds. The van der Waals surface area contributed by atoms with E-state index in [4.69, 9.17) is 15.6 Å². The monoisotopic (exact) mass is 258 g/mol. The molecule has 0 heterocycles. The van der Waals surface area contributed by atoms with Crippen LogP contribution in [0.1, 0.15) is 26.2 Å². The summed E-state index contributed by atoms with van der Waals surface area (Å²) in [7, 11) is 0. The molecule has 0 aromatic heterocycles. The molecule has 1 rings (SSSR count). The molecule has 102 valence electrons. The first-order valence-electron chi connectivity index (χ1n) is 5.84. The molecule has 0 saturated heterocycles. The lowest BCUT2D eigenvalue weighted by Crippen LogP contribution is -2.46. The topological polar surface area (TPSA) is 119 Å². The lowest BCUT2D eigenvalue weighted by Gasteiger charge is -2.16. The van der Waals surface area contributed by atoms with E-state index in [2.05, 4.69) is 5.32 Å². The van der Waals surface area contributed by atoms with Gasteiger partial charge in [-0.3, -0.25) is 14.4 Å². The molecular formula is C11H18N2O5. The van der Waals surface area contributed by atoms with Gasteiger partial charge in [-0.15, -0.1) is 0 Å². The summed E-state index contributed by atoms with van der Waals surface area (Å²) in [6.07, 6.45) is 1.30. The van der Waals surface area contributed by atoms with Crippen LogP contribution in [0, 0.1) is 5.92 Å². The Morgan fingerprint density at radius 3 is 2.56 bits per heavy atom. The standard InChI is InChI=1S/C11H18N2O5/c1-6(5-18-11(17)7-2-3-7)13-10(16)8(12)4-9(14)15/h6-8H,2-5,12H2,1H3,(H,13,16)(H,14,15). The molecule has 0 aromatic rings. The Balaban J connectivity index is 2.21. The Kier molecular flexibility index (Phi) is 5.08. The van der Waals surface area contributed by atoms with Crippen LogP contribution in [0.5, 0.6) is 0 Å². The first kappa shape index (κ1) is 14.4. The second-order valence-corrected chi connectivity index (χ2v) is 4.52. The van der Waals surface area contributed by atoms with Gasteiger partial charge in [-0.2, -0.15) is 0 Å². The van der Waals surface area contributed by atoms with E-state index in [1.165, 1.54) is 0 Å². The summed E-state index contributed by atoms with van der Waals surface area (Å²) in [4.78, 5) is 33.0. The van der Waals surface area contributed by atoms with Crippen molar-refractivity contribution in [2.45, 2.75) is 38.3 Å². The smallest absolute Gasteiger partial charge is 0.309 e. The van der Waals surface area contributed by atoms with Crippen LogP contribution in [0.3, 0.4) is 0 Å². The summed E-state index contributed by atoms with van der Waals surface area (Å²) < 4.78 is 4.98. The van der Waals surface area contributed by atoms with Crippen molar-refractivity contribution in [2.24, 2.45) is 11.7 Å². The van der Waals surface area contributed by atoms with E-state index < -0.39 is 24.3 Å². The van der Waals surface area contributed by atoms with E-state index in [1.807, 2.05) is 0 Å². The summed E-state index contributed by atoms with van der Waals surface area (Å²) in [5.74, 6) is -1.93. The zero-order valence-corrected chi connectivity index (χ0v) is 10.2. The van der Waals surface area contributed by atoms with Crippen molar-refractivity contribution in [2.75, 3.05) is 6.61 Å². The number of hydrogen-bond donors (Lipinski definition) is 3. The predicted octanol–water partition coefficient (Wildman–Crippen LogP) is -0.754. The van der Waals surface area contributed by atoms with Crippen molar-refractivity contribution in [3.05, 3.63) is 0 Å². The van der Waals surface area contributed by atoms with Crippen molar-refractivity contribution < 1.29 is 24.2 Å². The third-order valence-electron chi connectivity index (χ3n) is 2.51. The van der Waals surface area contributed by atoms with E-state index in [9.17, 15) is 14.4 Å². The highest BCUT2D eigenvalue weighted by Gasteiger charge is 2.31. The molecule has 7 heteroatoms. The van der Waals surface area contributed by atoms with Crippen LogP contribution < -0.4 is 11.1 Å². The number of nitrogens with two attached hydrogens (primary N) is 1. The summed E-state index contributed by atoms with van der Waals surface area (Å²) in [5.41, 5.74) is 5.38. The molecule has 1 fully saturated rings. The Labute approximate surface area is 105 Å². The van der Waals surface area contributed by atoms with Gasteiger partial charge < -0.3 is 20.9 Å². The maximum absolute atomic E-state index is 11.4. The third-order valence-corrected chi connectivity index (χ3v) is 2.51. The van der Waals surface area contributed by atoms with Crippen molar-refractivity contribution in [3.63, 3.8) is 0 Å². The van der Waals surface area contributed by atoms with E-state index in [-0.39, 0.29) is 24.5 Å². The van der Waals surface area contributed by atoms with Gasteiger partial charge in [0.25, 0.3) is 0 Å². The van der Waals surface area contributed by atoms with Gasteiger partial charge in [0.2, 0.25) is 5.91 Å². The fourth-order valence-electron chi connectivity index (χ4n) is 1.32. The molecule has 0 spiro atoms. The number of esters is 1. The summed E-state index contributed by atoms with van der Waals surface area (Å²) in [5, 5.41) is 11.0. The SMILES string of the molecule is CC(COC(=O)C1CC1)NC(=O)C(N)CC(=O)O. The Morgan fingerprint density at radius 1 is 1.44 bits per heavy atom. The highest BCUT2D eigenvalue weighted by Crippen LogP contribution is 2.29. The van der Waals surface area contributed by atoms with Crippen LogP contribution in [-0.2, 0) is 19.1 Å². The van der Waals surface area contributed by atoms with Crippen LogP contribution in [0.2, 0.25) is 0 Å². The number of carbonyl (C=O) groups is 3. The minimum Gasteiger partial charge on any atom is -0.481 e. The summed E-state index contributed by atoms with van der Waals surface area (Å²) in [6, 6.07) is -1.48. The molecule has 0 bridgehead atoms. The molecule has 7 nitrogen and oxygen atoms in total. The number of ether oxygens (including phenoxy) is 1. The minimum atomic E-state index is -1.13. The number of hydrogen-bond acceptors (Lipinski definition) is 5. The van der Waals surface area contributed by atoms with Crippen LogP contribution >= 0.6 is 0 Å². The average Bonchev–Trinajstić information content (AvgIpc) is 3.08. The quantitative estimate of drug-likeness (QED) is 0.517. The Bertz CT molecular complexity index is 340. The number of carboxylic acids is 1. The maximum atomic E-state index is 11.4. The van der Waals surface area contributed by atoms with Crippen LogP contribution in [-0.4, -0.2) is 41.6 Å². The molecule has 0 aliphatic heterocycles. The fraction of sp³-hybridized carbons (Fsp3) is 0.727. The third kappa shape index (κ3) is 5.13. The van der Waals surface area contributed by atoms with Gasteiger partial charge in [-0.05, 0) is 19.8 Å². The van der Waals surface area contributed by atoms with Crippen LogP contribution in [0.15, 0.2) is 0 Å². The largest absolute Gasteiger partial charge is 0.481 e. The lowest BCUT2D eigenvalue weighted by molar-refractivity contribution is -0.146. The molecule has 4 N–H and O–H groups in total. The average molecular weight is 258 g/mol. The molecule has 1 aliphatic rings. The van der Waals surface area contributed by atoms with E-state index >= 15 is 0 Å². The van der Waals surface area contributed by atoms with E-state index in [0.717, 1.165) is 12.8 Å². The number of carbonyl (C=O) groups excluding carboxylic acids is 2. The highest BCUT2D eigenvalue weighted by atomic mass is 16.5. The van der Waals surface area contributed by atoms with Gasteiger partial charge in [-0.1, -0.05) is 0 Å². The van der Waals surface area contributed by atoms with Gasteiger partial charge in [0.1, 0.15) is 6.61 Å². The maximum Gasteiger partial charge on any atom is 0.309 e. The minimum absolute atomic E-state index is 0.0159. The van der Waals surface area contributed by atoms with Crippen LogP contribution in [0.4, 0.5) is 0 Å². The molecule has 0 radical (unpaired) electrons. The molecule has 2 unspecified atom stereocenters. The Hall–Kier alpha value is -1.63.